The molecule has 3 saturated heterocycles. The molecule has 0 saturated carbocycles. The van der Waals surface area contributed by atoms with Crippen LogP contribution in [0, 0.1) is 11.7 Å². The molecule has 4 bridgehead atoms. The Morgan fingerprint density at radius 1 is 1.17 bits per heavy atom. The molecule has 94 valence electrons. The molecule has 0 spiro atoms. The summed E-state index contributed by atoms with van der Waals surface area (Å²) in [6, 6.07) is 7.80. The highest BCUT2D eigenvalue weighted by Crippen LogP contribution is 2.50. The van der Waals surface area contributed by atoms with Gasteiger partial charge in [-0.1, -0.05) is 12.1 Å². The van der Waals surface area contributed by atoms with Gasteiger partial charge in [0.25, 0.3) is 0 Å². The van der Waals surface area contributed by atoms with Gasteiger partial charge < -0.3 is 0 Å². The number of hydrogen-bond acceptors (Lipinski definition) is 2. The quantitative estimate of drug-likeness (QED) is 0.757. The molecule has 3 aliphatic rings. The highest BCUT2D eigenvalue weighted by Gasteiger charge is 2.55. The molecular weight excluding hydrogens is 229 g/mol. The molecule has 1 aromatic carbocycles. The number of ketones is 1. The maximum Gasteiger partial charge on any atom is 0.152 e. The van der Waals surface area contributed by atoms with Gasteiger partial charge in [-0.3, -0.25) is 9.69 Å². The minimum Gasteiger partial charge on any atom is -0.298 e. The molecule has 5 atom stereocenters. The maximum absolute atomic E-state index is 13.0. The number of rotatable bonds is 1. The smallest absolute Gasteiger partial charge is 0.152 e. The molecule has 0 N–H and O–H groups in total. The van der Waals surface area contributed by atoms with Crippen LogP contribution in [-0.2, 0) is 4.79 Å². The number of halogens is 1. The van der Waals surface area contributed by atoms with Crippen LogP contribution in [0.15, 0.2) is 24.3 Å². The molecule has 3 fully saturated rings. The van der Waals surface area contributed by atoms with Crippen molar-refractivity contribution in [3.05, 3.63) is 35.6 Å². The Morgan fingerprint density at radius 3 is 2.72 bits per heavy atom. The number of carbonyl (C=O) groups excluding carboxylic acids is 1. The monoisotopic (exact) mass is 245 g/mol. The zero-order chi connectivity index (χ0) is 12.3. The van der Waals surface area contributed by atoms with Crippen molar-refractivity contribution in [3.8, 4) is 0 Å². The van der Waals surface area contributed by atoms with E-state index in [0.29, 0.717) is 30.3 Å². The van der Waals surface area contributed by atoms with Gasteiger partial charge in [0.05, 0.1) is 6.54 Å². The molecule has 3 heterocycles. The molecule has 0 amide bonds. The SMILES string of the molecule is O=C1CN2[C@H]3CC[C@@H]2[C@@H]1[C@@H](c1ccc(F)cc1)C3. The first-order chi connectivity index (χ1) is 8.74. The first-order valence-corrected chi connectivity index (χ1v) is 6.78. The van der Waals surface area contributed by atoms with Crippen LogP contribution in [0.5, 0.6) is 0 Å². The first kappa shape index (κ1) is 10.7. The van der Waals surface area contributed by atoms with Gasteiger partial charge in [-0.2, -0.15) is 0 Å². The Hall–Kier alpha value is -1.22. The van der Waals surface area contributed by atoms with E-state index in [4.69, 9.17) is 0 Å². The Labute approximate surface area is 106 Å². The van der Waals surface area contributed by atoms with E-state index < -0.39 is 0 Å². The van der Waals surface area contributed by atoms with Crippen LogP contribution in [0.4, 0.5) is 4.39 Å². The normalized spacial score (nSPS) is 41.4. The Balaban J connectivity index is 1.73. The van der Waals surface area contributed by atoms with Crippen LogP contribution in [-0.4, -0.2) is 29.3 Å². The number of nitrogens with zero attached hydrogens (tertiary/aromatic N) is 1. The van der Waals surface area contributed by atoms with E-state index in [2.05, 4.69) is 4.90 Å². The standard InChI is InChI=1S/C15H16FNO/c16-10-3-1-9(2-4-10)12-7-11-5-6-13-15(12)14(18)8-17(11)13/h1-4,11-13,15H,5-8H2/t11-,12+,13+,15-/m0/s1. The van der Waals surface area contributed by atoms with Gasteiger partial charge in [0.15, 0.2) is 5.78 Å². The van der Waals surface area contributed by atoms with Gasteiger partial charge in [0.2, 0.25) is 0 Å². The highest BCUT2D eigenvalue weighted by molar-refractivity contribution is 5.87. The number of benzene rings is 1. The number of Topliss-reactive ketones (excluding diaryl/α,β-unsaturated/α-hetero) is 1. The summed E-state index contributed by atoms with van der Waals surface area (Å²) in [6.07, 6.45) is 3.46. The van der Waals surface area contributed by atoms with Crippen molar-refractivity contribution in [2.24, 2.45) is 5.92 Å². The van der Waals surface area contributed by atoms with E-state index in [1.54, 1.807) is 0 Å². The average molecular weight is 245 g/mol. The summed E-state index contributed by atoms with van der Waals surface area (Å²) in [5.41, 5.74) is 1.15. The predicted molar refractivity (Wildman–Crippen MR) is 65.8 cm³/mol. The van der Waals surface area contributed by atoms with E-state index in [1.165, 1.54) is 25.0 Å². The number of carbonyl (C=O) groups is 1. The summed E-state index contributed by atoms with van der Waals surface area (Å²) >= 11 is 0. The van der Waals surface area contributed by atoms with Gasteiger partial charge in [-0.05, 0) is 42.9 Å². The fourth-order valence-electron chi connectivity index (χ4n) is 4.34. The third-order valence-electron chi connectivity index (χ3n) is 5.07. The van der Waals surface area contributed by atoms with E-state index >= 15 is 0 Å². The van der Waals surface area contributed by atoms with E-state index in [0.717, 1.165) is 12.0 Å². The molecule has 1 unspecified atom stereocenters. The van der Waals surface area contributed by atoms with Crippen LogP contribution >= 0.6 is 0 Å². The lowest BCUT2D eigenvalue weighted by molar-refractivity contribution is -0.120. The molecule has 3 aliphatic heterocycles. The third kappa shape index (κ3) is 1.34. The van der Waals surface area contributed by atoms with Crippen molar-refractivity contribution >= 4 is 5.78 Å². The average Bonchev–Trinajstić information content (AvgIpc) is 2.76. The van der Waals surface area contributed by atoms with Crippen LogP contribution in [0.25, 0.3) is 0 Å². The van der Waals surface area contributed by atoms with E-state index in [1.807, 2.05) is 12.1 Å². The zero-order valence-electron chi connectivity index (χ0n) is 10.2. The Kier molecular flexibility index (Phi) is 2.16. The molecular formula is C15H16FNO. The predicted octanol–water partition coefficient (Wildman–Crippen LogP) is 2.34. The number of piperidine rings is 1. The fourth-order valence-corrected chi connectivity index (χ4v) is 4.34. The molecule has 0 aromatic heterocycles. The minimum atomic E-state index is -0.197. The molecule has 4 rings (SSSR count). The molecule has 1 aromatic rings. The largest absolute Gasteiger partial charge is 0.298 e. The summed E-state index contributed by atoms with van der Waals surface area (Å²) in [5.74, 6) is 0.678. The Bertz CT molecular complexity index is 498. The van der Waals surface area contributed by atoms with Crippen LogP contribution in [0.2, 0.25) is 0 Å². The van der Waals surface area contributed by atoms with Crippen molar-refractivity contribution in [2.75, 3.05) is 6.54 Å². The van der Waals surface area contributed by atoms with Crippen LogP contribution < -0.4 is 0 Å². The van der Waals surface area contributed by atoms with Gasteiger partial charge in [-0.25, -0.2) is 4.39 Å². The van der Waals surface area contributed by atoms with Crippen molar-refractivity contribution < 1.29 is 9.18 Å². The summed E-state index contributed by atoms with van der Waals surface area (Å²) in [6.45, 7) is 0.650. The molecule has 18 heavy (non-hydrogen) atoms. The zero-order valence-corrected chi connectivity index (χ0v) is 10.2. The minimum absolute atomic E-state index is 0.161. The lowest BCUT2D eigenvalue weighted by Crippen LogP contribution is -2.40. The molecule has 3 heteroatoms. The Morgan fingerprint density at radius 2 is 1.94 bits per heavy atom. The topological polar surface area (TPSA) is 20.3 Å². The first-order valence-electron chi connectivity index (χ1n) is 6.78. The van der Waals surface area contributed by atoms with E-state index in [9.17, 15) is 9.18 Å². The summed E-state index contributed by atoms with van der Waals surface area (Å²) in [5, 5.41) is 0. The second-order valence-electron chi connectivity index (χ2n) is 5.86. The van der Waals surface area contributed by atoms with Crippen LogP contribution in [0.1, 0.15) is 30.7 Å². The van der Waals surface area contributed by atoms with Crippen LogP contribution in [0.3, 0.4) is 0 Å². The van der Waals surface area contributed by atoms with Gasteiger partial charge in [0, 0.05) is 18.0 Å². The van der Waals surface area contributed by atoms with Gasteiger partial charge in [-0.15, -0.1) is 0 Å². The van der Waals surface area contributed by atoms with E-state index in [-0.39, 0.29) is 11.7 Å². The van der Waals surface area contributed by atoms with Crippen molar-refractivity contribution in [2.45, 2.75) is 37.3 Å². The lowest BCUT2D eigenvalue weighted by atomic mass is 9.77. The van der Waals surface area contributed by atoms with Crippen molar-refractivity contribution in [1.29, 1.82) is 0 Å². The van der Waals surface area contributed by atoms with Gasteiger partial charge in [0.1, 0.15) is 5.82 Å². The van der Waals surface area contributed by atoms with Crippen molar-refractivity contribution in [1.82, 2.24) is 4.90 Å². The summed E-state index contributed by atoms with van der Waals surface area (Å²) < 4.78 is 13.0. The fraction of sp³-hybridized carbons (Fsp3) is 0.533. The molecule has 2 nitrogen and oxygen atoms in total. The number of hydrogen-bond donors (Lipinski definition) is 0. The second kappa shape index (κ2) is 3.64. The third-order valence-corrected chi connectivity index (χ3v) is 5.07. The molecule has 0 radical (unpaired) electrons. The highest BCUT2D eigenvalue weighted by atomic mass is 19.1. The van der Waals surface area contributed by atoms with Gasteiger partial charge >= 0.3 is 0 Å². The summed E-state index contributed by atoms with van der Waals surface area (Å²) in [4.78, 5) is 14.6. The van der Waals surface area contributed by atoms with Crippen molar-refractivity contribution in [3.63, 3.8) is 0 Å². The maximum atomic E-state index is 13.0. The molecule has 0 aliphatic carbocycles. The lowest BCUT2D eigenvalue weighted by Gasteiger charge is -2.36. The second-order valence-corrected chi connectivity index (χ2v) is 5.86. The summed E-state index contributed by atoms with van der Waals surface area (Å²) in [7, 11) is 0.